The van der Waals surface area contributed by atoms with Crippen LogP contribution in [0.5, 0.6) is 11.5 Å². The van der Waals surface area contributed by atoms with E-state index in [2.05, 4.69) is 83.1 Å². The molecule has 1 fully saturated rings. The summed E-state index contributed by atoms with van der Waals surface area (Å²) in [5.74, 6) is 2.43. The lowest BCUT2D eigenvalue weighted by molar-refractivity contribution is -0.119. The third kappa shape index (κ3) is 7.84. The Bertz CT molecular complexity index is 1870. The van der Waals surface area contributed by atoms with E-state index in [0.717, 1.165) is 63.9 Å². The van der Waals surface area contributed by atoms with Gasteiger partial charge in [0.2, 0.25) is 5.91 Å². The van der Waals surface area contributed by atoms with Crippen LogP contribution in [0, 0.1) is 5.92 Å². The van der Waals surface area contributed by atoms with Crippen LogP contribution in [0.1, 0.15) is 86.2 Å². The average molecular weight is 643 g/mol. The van der Waals surface area contributed by atoms with Crippen LogP contribution in [0.2, 0.25) is 0 Å². The Kier molecular flexibility index (Phi) is 10.3. The van der Waals surface area contributed by atoms with E-state index in [0.29, 0.717) is 23.9 Å². The molecule has 1 heterocycles. The predicted molar refractivity (Wildman–Crippen MR) is 196 cm³/mol. The second-order valence-electron chi connectivity index (χ2n) is 13.0. The number of aliphatic imine (C=N–C) groups is 1. The topological polar surface area (TPSA) is 84.6 Å². The van der Waals surface area contributed by atoms with E-state index in [4.69, 9.17) is 14.5 Å². The van der Waals surface area contributed by atoms with Crippen LogP contribution < -0.4 is 14.8 Å². The lowest BCUT2D eigenvalue weighted by Crippen LogP contribution is -2.30. The maximum atomic E-state index is 13.5. The van der Waals surface area contributed by atoms with E-state index in [1.807, 2.05) is 32.0 Å². The van der Waals surface area contributed by atoms with Crippen molar-refractivity contribution in [2.24, 2.45) is 21.1 Å². The summed E-state index contributed by atoms with van der Waals surface area (Å²) in [5, 5.41) is 14.7. The number of fused-ring (bicyclic) bond motifs is 2. The minimum atomic E-state index is -0.330. The number of carbonyl (C=O) groups is 1. The molecule has 2 atom stereocenters. The Morgan fingerprint density at radius 2 is 1.52 bits per heavy atom. The number of methoxy groups -OCH3 is 2. The molecule has 2 unspecified atom stereocenters. The number of rotatable bonds is 10. The zero-order chi connectivity index (χ0) is 33.6. The van der Waals surface area contributed by atoms with Crippen LogP contribution >= 0.6 is 0 Å². The van der Waals surface area contributed by atoms with Crippen LogP contribution in [0.15, 0.2) is 94.1 Å². The fourth-order valence-corrected chi connectivity index (χ4v) is 6.52. The highest BCUT2D eigenvalue weighted by Crippen LogP contribution is 2.41. The van der Waals surface area contributed by atoms with Gasteiger partial charge in [-0.2, -0.15) is 10.2 Å². The molecule has 0 spiro atoms. The Balaban J connectivity index is 1.30. The van der Waals surface area contributed by atoms with Crippen molar-refractivity contribution in [3.63, 3.8) is 0 Å². The minimum absolute atomic E-state index is 0.0930. The third-order valence-electron chi connectivity index (χ3n) is 9.73. The maximum Gasteiger partial charge on any atom is 0.226 e. The first-order valence-electron chi connectivity index (χ1n) is 17.1. The highest BCUT2D eigenvalue weighted by molar-refractivity contribution is 6.44. The molecule has 0 saturated heterocycles. The maximum absolute atomic E-state index is 13.5. The van der Waals surface area contributed by atoms with Crippen LogP contribution in [-0.4, -0.2) is 43.8 Å². The van der Waals surface area contributed by atoms with Crippen molar-refractivity contribution in [3.8, 4) is 11.5 Å². The lowest BCUT2D eigenvalue weighted by Gasteiger charge is -2.22. The van der Waals surface area contributed by atoms with E-state index >= 15 is 0 Å². The summed E-state index contributed by atoms with van der Waals surface area (Å²) in [7, 11) is 3.37. The first-order chi connectivity index (χ1) is 23.3. The van der Waals surface area contributed by atoms with Gasteiger partial charge in [-0.05, 0) is 115 Å². The van der Waals surface area contributed by atoms with E-state index in [1.54, 1.807) is 14.2 Å². The number of hydrogen-bond donors (Lipinski definition) is 1. The van der Waals surface area contributed by atoms with Gasteiger partial charge in [-0.1, -0.05) is 61.5 Å². The molecule has 248 valence electrons. The molecule has 7 heteroatoms. The minimum Gasteiger partial charge on any atom is -0.497 e. The van der Waals surface area contributed by atoms with Gasteiger partial charge in [-0.15, -0.1) is 0 Å². The first-order valence-corrected chi connectivity index (χ1v) is 17.1. The molecular formula is C41H46N4O3. The molecule has 2 aliphatic rings. The monoisotopic (exact) mass is 642 g/mol. The Morgan fingerprint density at radius 3 is 2.25 bits per heavy atom. The highest BCUT2D eigenvalue weighted by Gasteiger charge is 2.26. The second kappa shape index (κ2) is 15.0. The number of amides is 1. The van der Waals surface area contributed by atoms with Crippen LogP contribution in [-0.2, 0) is 17.6 Å². The van der Waals surface area contributed by atoms with Gasteiger partial charge in [-0.25, -0.2) is 0 Å². The average Bonchev–Trinajstić information content (AvgIpc) is 3.97. The van der Waals surface area contributed by atoms with Crippen molar-refractivity contribution in [2.75, 3.05) is 20.8 Å². The Hall–Kier alpha value is -4.78. The summed E-state index contributed by atoms with van der Waals surface area (Å²) in [4.78, 5) is 18.9. The molecule has 1 saturated carbocycles. The van der Waals surface area contributed by atoms with Gasteiger partial charge in [0, 0.05) is 18.2 Å². The first kappa shape index (κ1) is 33.1. The molecule has 0 aromatic heterocycles. The summed E-state index contributed by atoms with van der Waals surface area (Å²) in [5.41, 5.74) is 8.16. The van der Waals surface area contributed by atoms with Crippen molar-refractivity contribution in [1.29, 1.82) is 0 Å². The molecule has 1 aliphatic heterocycles. The van der Waals surface area contributed by atoms with Crippen LogP contribution in [0.4, 0.5) is 0 Å². The number of ether oxygens (including phenoxy) is 2. The van der Waals surface area contributed by atoms with Gasteiger partial charge in [0.25, 0.3) is 0 Å². The molecule has 0 radical (unpaired) electrons. The number of benzene rings is 4. The zero-order valence-corrected chi connectivity index (χ0v) is 28.8. The van der Waals surface area contributed by atoms with Crippen molar-refractivity contribution in [1.82, 2.24) is 5.32 Å². The molecule has 1 amide bonds. The summed E-state index contributed by atoms with van der Waals surface area (Å²) in [6.07, 6.45) is 5.10. The van der Waals surface area contributed by atoms with E-state index in [-0.39, 0.29) is 24.3 Å². The molecule has 1 N–H and O–H groups in total. The number of hydrogen-bond acceptors (Lipinski definition) is 6. The molecule has 4 aromatic rings. The van der Waals surface area contributed by atoms with E-state index in [1.165, 1.54) is 24.0 Å². The molecule has 0 bridgehead atoms. The van der Waals surface area contributed by atoms with E-state index in [9.17, 15) is 4.79 Å². The van der Waals surface area contributed by atoms with Crippen molar-refractivity contribution >= 4 is 33.8 Å². The van der Waals surface area contributed by atoms with Crippen molar-refractivity contribution in [2.45, 2.75) is 71.3 Å². The normalized spacial score (nSPS) is 20.3. The highest BCUT2D eigenvalue weighted by atomic mass is 16.5. The Labute approximate surface area is 284 Å². The van der Waals surface area contributed by atoms with Gasteiger partial charge in [0.05, 0.1) is 32.1 Å². The summed E-state index contributed by atoms with van der Waals surface area (Å²) >= 11 is 0. The lowest BCUT2D eigenvalue weighted by atomic mass is 9.86. The van der Waals surface area contributed by atoms with E-state index < -0.39 is 0 Å². The van der Waals surface area contributed by atoms with Crippen LogP contribution in [0.3, 0.4) is 0 Å². The number of nitrogens with zero attached hydrogens (tertiary/aromatic N) is 3. The van der Waals surface area contributed by atoms with Gasteiger partial charge < -0.3 is 14.8 Å². The van der Waals surface area contributed by atoms with Gasteiger partial charge in [0.15, 0.2) is 0 Å². The molecule has 7 nitrogen and oxygen atoms in total. The number of carbonyl (C=O) groups excluding carboxylic acids is 1. The van der Waals surface area contributed by atoms with Crippen molar-refractivity contribution in [3.05, 3.63) is 107 Å². The molecule has 48 heavy (non-hydrogen) atoms. The molecular weight excluding hydrogens is 596 g/mol. The quantitative estimate of drug-likeness (QED) is 0.188. The molecule has 1 aliphatic carbocycles. The third-order valence-corrected chi connectivity index (χ3v) is 9.73. The van der Waals surface area contributed by atoms with Gasteiger partial charge in [-0.3, -0.25) is 9.79 Å². The molecule has 4 aromatic carbocycles. The largest absolute Gasteiger partial charge is 0.497 e. The smallest absolute Gasteiger partial charge is 0.226 e. The summed E-state index contributed by atoms with van der Waals surface area (Å²) in [6.45, 7) is 6.67. The van der Waals surface area contributed by atoms with Gasteiger partial charge >= 0.3 is 0 Å². The zero-order valence-electron chi connectivity index (χ0n) is 28.8. The Morgan fingerprint density at radius 1 is 0.833 bits per heavy atom. The summed E-state index contributed by atoms with van der Waals surface area (Å²) < 4.78 is 11.1. The fraction of sp³-hybridized carbons (Fsp3) is 0.366. The second-order valence-corrected chi connectivity index (χ2v) is 13.0. The standard InChI is InChI=1S/C41H46N4O3/c1-6-29-22-35-16-18-37(48-5)24-38(35)41(32-13-11-31(12-14-32)30-9-10-30)43-39(27(3)45-44-26(29)2)25-40(46)42-20-19-28-7-8-34-23-36(47-4)17-15-33(34)21-28/h7-8,11-18,21,23-24,29-30,41H,6,9-10,19-20,22,25H2,1-5H3,(H,42,46)/b43-39?,44-26+,45-27-. The fourth-order valence-electron chi connectivity index (χ4n) is 6.52. The predicted octanol–water partition coefficient (Wildman–Crippen LogP) is 8.43. The molecule has 6 rings (SSSR count). The van der Waals surface area contributed by atoms with Gasteiger partial charge in [0.1, 0.15) is 17.5 Å². The SMILES string of the molecule is CCC1Cc2ccc(OC)cc2C(c2ccc(C3CC3)cc2)N=C(CC(=O)NCCc2ccc3cc(OC)ccc3c2)/C(C)=N\N=C\1C. The number of nitrogens with one attached hydrogen (secondary N) is 1. The van der Waals surface area contributed by atoms with Crippen LogP contribution in [0.25, 0.3) is 10.8 Å². The van der Waals surface area contributed by atoms with Crippen molar-refractivity contribution < 1.29 is 14.3 Å². The summed E-state index contributed by atoms with van der Waals surface area (Å²) in [6, 6.07) is 27.3.